The van der Waals surface area contributed by atoms with Crippen LogP contribution in [0.2, 0.25) is 0 Å². The van der Waals surface area contributed by atoms with E-state index in [1.165, 1.54) is 18.4 Å². The van der Waals surface area contributed by atoms with Crippen LogP contribution in [-0.4, -0.2) is 11.7 Å². The maximum absolute atomic E-state index is 9.39. The summed E-state index contributed by atoms with van der Waals surface area (Å²) in [5.74, 6) is 0.303. The molecular formula is C11H14BrNO. The molecule has 1 aromatic rings. The molecule has 2 rings (SSSR count). The van der Waals surface area contributed by atoms with E-state index in [4.69, 9.17) is 5.73 Å². The standard InChI is InChI=1S/C11H14BrNO/c12-9-7-8(1-2-10(9)14)11(3-4-11)5-6-13/h1-2,7,14H,3-6,13H2. The molecule has 0 atom stereocenters. The van der Waals surface area contributed by atoms with Gasteiger partial charge in [-0.2, -0.15) is 0 Å². The van der Waals surface area contributed by atoms with Crippen LogP contribution in [0.5, 0.6) is 5.75 Å². The fourth-order valence-corrected chi connectivity index (χ4v) is 2.33. The first-order chi connectivity index (χ1) is 6.68. The van der Waals surface area contributed by atoms with Crippen LogP contribution < -0.4 is 5.73 Å². The van der Waals surface area contributed by atoms with E-state index in [1.807, 2.05) is 12.1 Å². The molecule has 1 aromatic carbocycles. The van der Waals surface area contributed by atoms with Crippen LogP contribution in [0.3, 0.4) is 0 Å². The van der Waals surface area contributed by atoms with Crippen LogP contribution in [0, 0.1) is 0 Å². The van der Waals surface area contributed by atoms with Gasteiger partial charge in [0.2, 0.25) is 0 Å². The van der Waals surface area contributed by atoms with Gasteiger partial charge in [-0.25, -0.2) is 0 Å². The summed E-state index contributed by atoms with van der Waals surface area (Å²) in [5.41, 5.74) is 7.21. The number of halogens is 1. The summed E-state index contributed by atoms with van der Waals surface area (Å²) in [7, 11) is 0. The number of benzene rings is 1. The SMILES string of the molecule is NCCC1(c2ccc(O)c(Br)c2)CC1. The molecule has 0 unspecified atom stereocenters. The van der Waals surface area contributed by atoms with E-state index in [-0.39, 0.29) is 0 Å². The number of hydrogen-bond donors (Lipinski definition) is 2. The van der Waals surface area contributed by atoms with E-state index in [0.717, 1.165) is 17.4 Å². The Labute approximate surface area is 92.3 Å². The Kier molecular flexibility index (Phi) is 2.54. The van der Waals surface area contributed by atoms with Crippen LogP contribution in [0.15, 0.2) is 22.7 Å². The molecule has 0 aliphatic heterocycles. The van der Waals surface area contributed by atoms with E-state index in [1.54, 1.807) is 6.07 Å². The third-order valence-electron chi connectivity index (χ3n) is 3.04. The van der Waals surface area contributed by atoms with Crippen LogP contribution in [0.1, 0.15) is 24.8 Å². The summed E-state index contributed by atoms with van der Waals surface area (Å²) >= 11 is 3.34. The van der Waals surface area contributed by atoms with Crippen LogP contribution in [0.4, 0.5) is 0 Å². The van der Waals surface area contributed by atoms with Gasteiger partial charge < -0.3 is 10.8 Å². The zero-order valence-corrected chi connectivity index (χ0v) is 9.55. The molecule has 3 N–H and O–H groups in total. The largest absolute Gasteiger partial charge is 0.507 e. The van der Waals surface area contributed by atoms with Gasteiger partial charge in [0.05, 0.1) is 4.47 Å². The van der Waals surface area contributed by atoms with E-state index in [0.29, 0.717) is 11.2 Å². The van der Waals surface area contributed by atoms with Crippen molar-refractivity contribution in [3.05, 3.63) is 28.2 Å². The highest BCUT2D eigenvalue weighted by molar-refractivity contribution is 9.10. The summed E-state index contributed by atoms with van der Waals surface area (Å²) in [5, 5.41) is 9.39. The second kappa shape index (κ2) is 3.55. The predicted octanol–water partition coefficient (Wildman–Crippen LogP) is 2.54. The van der Waals surface area contributed by atoms with Crippen molar-refractivity contribution >= 4 is 15.9 Å². The minimum Gasteiger partial charge on any atom is -0.507 e. The Morgan fingerprint density at radius 2 is 2.14 bits per heavy atom. The van der Waals surface area contributed by atoms with Gasteiger partial charge in [-0.3, -0.25) is 0 Å². The first kappa shape index (κ1) is 9.99. The first-order valence-corrected chi connectivity index (χ1v) is 5.66. The molecule has 1 fully saturated rings. The lowest BCUT2D eigenvalue weighted by Gasteiger charge is -2.14. The Hall–Kier alpha value is -0.540. The monoisotopic (exact) mass is 255 g/mol. The number of hydrogen-bond acceptors (Lipinski definition) is 2. The molecule has 0 radical (unpaired) electrons. The van der Waals surface area contributed by atoms with Gasteiger partial charge in [-0.1, -0.05) is 6.07 Å². The van der Waals surface area contributed by atoms with Gasteiger partial charge in [-0.15, -0.1) is 0 Å². The van der Waals surface area contributed by atoms with Crippen molar-refractivity contribution in [1.29, 1.82) is 0 Å². The van der Waals surface area contributed by atoms with Gasteiger partial charge in [0.1, 0.15) is 5.75 Å². The number of nitrogens with two attached hydrogens (primary N) is 1. The number of aromatic hydroxyl groups is 1. The number of rotatable bonds is 3. The molecule has 0 spiro atoms. The number of phenols is 1. The molecular weight excluding hydrogens is 242 g/mol. The predicted molar refractivity (Wildman–Crippen MR) is 60.4 cm³/mol. The second-order valence-electron chi connectivity index (χ2n) is 3.99. The smallest absolute Gasteiger partial charge is 0.129 e. The maximum Gasteiger partial charge on any atom is 0.129 e. The van der Waals surface area contributed by atoms with Crippen molar-refractivity contribution in [2.75, 3.05) is 6.54 Å². The summed E-state index contributed by atoms with van der Waals surface area (Å²) in [4.78, 5) is 0. The average molecular weight is 256 g/mol. The second-order valence-corrected chi connectivity index (χ2v) is 4.84. The molecule has 0 heterocycles. The quantitative estimate of drug-likeness (QED) is 0.872. The van der Waals surface area contributed by atoms with Gasteiger partial charge in [0.15, 0.2) is 0 Å². The highest BCUT2D eigenvalue weighted by atomic mass is 79.9. The van der Waals surface area contributed by atoms with Crippen LogP contribution >= 0.6 is 15.9 Å². The summed E-state index contributed by atoms with van der Waals surface area (Å²) in [6, 6.07) is 5.76. The Balaban J connectivity index is 2.28. The molecule has 1 saturated carbocycles. The Morgan fingerprint density at radius 1 is 1.43 bits per heavy atom. The van der Waals surface area contributed by atoms with E-state index >= 15 is 0 Å². The summed E-state index contributed by atoms with van der Waals surface area (Å²) < 4.78 is 0.776. The van der Waals surface area contributed by atoms with Crippen LogP contribution in [0.25, 0.3) is 0 Å². The first-order valence-electron chi connectivity index (χ1n) is 4.87. The molecule has 1 aliphatic carbocycles. The van der Waals surface area contributed by atoms with Crippen molar-refractivity contribution in [3.63, 3.8) is 0 Å². The molecule has 1 aliphatic rings. The van der Waals surface area contributed by atoms with Crippen molar-refractivity contribution < 1.29 is 5.11 Å². The van der Waals surface area contributed by atoms with Crippen molar-refractivity contribution in [3.8, 4) is 5.75 Å². The topological polar surface area (TPSA) is 46.2 Å². The molecule has 0 aromatic heterocycles. The summed E-state index contributed by atoms with van der Waals surface area (Å²) in [6.07, 6.45) is 3.49. The lowest BCUT2D eigenvalue weighted by Crippen LogP contribution is -2.13. The lowest BCUT2D eigenvalue weighted by atomic mass is 9.92. The van der Waals surface area contributed by atoms with Gasteiger partial charge >= 0.3 is 0 Å². The Bertz CT molecular complexity index is 347. The molecule has 0 amide bonds. The third-order valence-corrected chi connectivity index (χ3v) is 3.67. The molecule has 76 valence electrons. The highest BCUT2D eigenvalue weighted by Gasteiger charge is 2.43. The normalized spacial score (nSPS) is 18.1. The van der Waals surface area contributed by atoms with Crippen molar-refractivity contribution in [2.45, 2.75) is 24.7 Å². The number of phenolic OH excluding ortho intramolecular Hbond substituents is 1. The molecule has 3 heteroatoms. The zero-order valence-electron chi connectivity index (χ0n) is 7.96. The minimum absolute atomic E-state index is 0.303. The van der Waals surface area contributed by atoms with Crippen molar-refractivity contribution in [1.82, 2.24) is 0 Å². The molecule has 2 nitrogen and oxygen atoms in total. The average Bonchev–Trinajstić information content (AvgIpc) is 2.91. The molecule has 0 saturated heterocycles. The van der Waals surface area contributed by atoms with E-state index in [2.05, 4.69) is 15.9 Å². The van der Waals surface area contributed by atoms with Gasteiger partial charge in [0.25, 0.3) is 0 Å². The summed E-state index contributed by atoms with van der Waals surface area (Å²) in [6.45, 7) is 0.735. The van der Waals surface area contributed by atoms with E-state index in [9.17, 15) is 5.11 Å². The van der Waals surface area contributed by atoms with Crippen LogP contribution in [-0.2, 0) is 5.41 Å². The fraction of sp³-hybridized carbons (Fsp3) is 0.455. The molecule has 14 heavy (non-hydrogen) atoms. The third kappa shape index (κ3) is 1.66. The fourth-order valence-electron chi connectivity index (χ4n) is 1.95. The van der Waals surface area contributed by atoms with E-state index < -0.39 is 0 Å². The Morgan fingerprint density at radius 3 is 2.64 bits per heavy atom. The zero-order chi connectivity index (χ0) is 10.2. The van der Waals surface area contributed by atoms with Gasteiger partial charge in [-0.05, 0) is 64.8 Å². The molecule has 0 bridgehead atoms. The highest BCUT2D eigenvalue weighted by Crippen LogP contribution is 2.51. The lowest BCUT2D eigenvalue weighted by molar-refractivity contribution is 0.471. The minimum atomic E-state index is 0.303. The maximum atomic E-state index is 9.39. The van der Waals surface area contributed by atoms with Crippen molar-refractivity contribution in [2.24, 2.45) is 5.73 Å². The van der Waals surface area contributed by atoms with Gasteiger partial charge in [0, 0.05) is 0 Å².